The molecule has 3 rings (SSSR count). The minimum absolute atomic E-state index is 0.0416. The van der Waals surface area contributed by atoms with Crippen LogP contribution in [0.2, 0.25) is 0 Å². The van der Waals surface area contributed by atoms with Crippen molar-refractivity contribution in [1.29, 1.82) is 0 Å². The molecule has 0 saturated carbocycles. The monoisotopic (exact) mass is 402 g/mol. The maximum atomic E-state index is 12.7. The molecule has 154 valence electrons. The van der Waals surface area contributed by atoms with Gasteiger partial charge in [0.1, 0.15) is 11.4 Å². The van der Waals surface area contributed by atoms with Gasteiger partial charge in [0, 0.05) is 18.5 Å². The first kappa shape index (κ1) is 20.3. The molecule has 1 aliphatic rings. The zero-order chi connectivity index (χ0) is 21.0. The second-order valence-electron chi connectivity index (χ2n) is 6.19. The average Bonchev–Trinajstić information content (AvgIpc) is 3.34. The predicted octanol–water partition coefficient (Wildman–Crippen LogP) is 0.981. The molecular weight excluding hydrogens is 380 g/mol. The van der Waals surface area contributed by atoms with Crippen molar-refractivity contribution in [3.05, 3.63) is 35.4 Å². The Labute approximate surface area is 167 Å². The van der Waals surface area contributed by atoms with Crippen molar-refractivity contribution in [1.82, 2.24) is 15.1 Å². The summed E-state index contributed by atoms with van der Waals surface area (Å²) < 4.78 is 15.8. The standard InChI is InChI=1S/C19H22N4O6/c1-4-15-21-22-17(29-15)11-5-6-14(27-2)13(9-11)20-16-12(19(26)28-3)10-23(7-8-24)18(16)25/h5-6,9,20,24H,4,7-8,10H2,1-3H3. The van der Waals surface area contributed by atoms with Crippen LogP contribution in [0.15, 0.2) is 33.9 Å². The third-order valence-corrected chi connectivity index (χ3v) is 4.43. The highest BCUT2D eigenvalue weighted by atomic mass is 16.5. The summed E-state index contributed by atoms with van der Waals surface area (Å²) in [5.74, 6) is 0.244. The van der Waals surface area contributed by atoms with Crippen LogP contribution in [0.1, 0.15) is 12.8 Å². The Bertz CT molecular complexity index is 952. The molecular formula is C19H22N4O6. The van der Waals surface area contributed by atoms with Gasteiger partial charge in [-0.25, -0.2) is 4.79 Å². The highest BCUT2D eigenvalue weighted by molar-refractivity contribution is 6.08. The summed E-state index contributed by atoms with van der Waals surface area (Å²) in [5, 5.41) is 20.1. The maximum Gasteiger partial charge on any atom is 0.337 e. The molecule has 2 heterocycles. The summed E-state index contributed by atoms with van der Waals surface area (Å²) in [6, 6.07) is 5.13. The SMILES string of the molecule is CCc1nnc(-c2ccc(OC)c(NC3=C(C(=O)OC)CN(CCO)C3=O)c2)o1. The molecule has 0 bridgehead atoms. The fourth-order valence-corrected chi connectivity index (χ4v) is 2.94. The fraction of sp³-hybridized carbons (Fsp3) is 0.368. The molecule has 0 atom stereocenters. The van der Waals surface area contributed by atoms with E-state index in [1.165, 1.54) is 19.1 Å². The number of aromatic nitrogens is 2. The van der Waals surface area contributed by atoms with Gasteiger partial charge in [0.05, 0.1) is 38.6 Å². The number of carbonyl (C=O) groups is 2. The molecule has 29 heavy (non-hydrogen) atoms. The Morgan fingerprint density at radius 3 is 2.76 bits per heavy atom. The first-order valence-corrected chi connectivity index (χ1v) is 9.01. The number of rotatable bonds is 8. The van der Waals surface area contributed by atoms with E-state index in [4.69, 9.17) is 13.9 Å². The van der Waals surface area contributed by atoms with Crippen molar-refractivity contribution >= 4 is 17.6 Å². The van der Waals surface area contributed by atoms with Crippen molar-refractivity contribution in [2.45, 2.75) is 13.3 Å². The predicted molar refractivity (Wildman–Crippen MR) is 102 cm³/mol. The van der Waals surface area contributed by atoms with Crippen LogP contribution in [-0.2, 0) is 20.7 Å². The molecule has 1 amide bonds. The number of β-amino-alcohol motifs (C(OH)–C–C–N with tert-alkyl or cyclic N) is 1. The molecule has 0 spiro atoms. The van der Waals surface area contributed by atoms with Crippen molar-refractivity contribution in [2.24, 2.45) is 0 Å². The Morgan fingerprint density at radius 1 is 1.34 bits per heavy atom. The molecule has 1 aliphatic heterocycles. The number of hydrogen-bond acceptors (Lipinski definition) is 9. The van der Waals surface area contributed by atoms with E-state index >= 15 is 0 Å². The van der Waals surface area contributed by atoms with Gasteiger partial charge in [-0.15, -0.1) is 10.2 Å². The molecule has 10 nitrogen and oxygen atoms in total. The number of ether oxygens (including phenoxy) is 2. The Hall–Kier alpha value is -3.40. The average molecular weight is 402 g/mol. The van der Waals surface area contributed by atoms with E-state index < -0.39 is 11.9 Å². The van der Waals surface area contributed by atoms with E-state index in [1.54, 1.807) is 18.2 Å². The number of nitrogens with one attached hydrogen (secondary N) is 1. The van der Waals surface area contributed by atoms with Gasteiger partial charge in [-0.1, -0.05) is 6.92 Å². The number of methoxy groups -OCH3 is 2. The van der Waals surface area contributed by atoms with Crippen LogP contribution in [0.3, 0.4) is 0 Å². The van der Waals surface area contributed by atoms with E-state index in [0.29, 0.717) is 35.2 Å². The zero-order valence-corrected chi connectivity index (χ0v) is 16.4. The normalized spacial score (nSPS) is 13.8. The lowest BCUT2D eigenvalue weighted by Crippen LogP contribution is -2.31. The van der Waals surface area contributed by atoms with Crippen LogP contribution >= 0.6 is 0 Å². The maximum absolute atomic E-state index is 12.7. The summed E-state index contributed by atoms with van der Waals surface area (Å²) in [5.41, 5.74) is 1.31. The van der Waals surface area contributed by atoms with Gasteiger partial charge >= 0.3 is 5.97 Å². The third-order valence-electron chi connectivity index (χ3n) is 4.43. The number of carbonyl (C=O) groups excluding carboxylic acids is 2. The van der Waals surface area contributed by atoms with E-state index in [-0.39, 0.29) is 31.0 Å². The van der Waals surface area contributed by atoms with Crippen LogP contribution in [0.5, 0.6) is 5.75 Å². The van der Waals surface area contributed by atoms with Crippen LogP contribution in [0.25, 0.3) is 11.5 Å². The quantitative estimate of drug-likeness (QED) is 0.621. The van der Waals surface area contributed by atoms with Crippen molar-refractivity contribution in [3.8, 4) is 17.2 Å². The number of aliphatic hydroxyl groups is 1. The summed E-state index contributed by atoms with van der Waals surface area (Å²) >= 11 is 0. The smallest absolute Gasteiger partial charge is 0.337 e. The Morgan fingerprint density at radius 2 is 2.14 bits per heavy atom. The summed E-state index contributed by atoms with van der Waals surface area (Å²) in [7, 11) is 2.74. The third kappa shape index (κ3) is 4.06. The number of benzene rings is 1. The molecule has 0 saturated heterocycles. The van der Waals surface area contributed by atoms with Crippen LogP contribution in [-0.4, -0.2) is 66.0 Å². The number of hydrogen-bond donors (Lipinski definition) is 2. The van der Waals surface area contributed by atoms with E-state index in [0.717, 1.165) is 0 Å². The zero-order valence-electron chi connectivity index (χ0n) is 16.4. The molecule has 1 aromatic heterocycles. The summed E-state index contributed by atoms with van der Waals surface area (Å²) in [6.45, 7) is 1.83. The topological polar surface area (TPSA) is 127 Å². The first-order chi connectivity index (χ1) is 14.0. The number of amides is 1. The van der Waals surface area contributed by atoms with Crippen molar-refractivity contribution in [2.75, 3.05) is 39.2 Å². The highest BCUT2D eigenvalue weighted by Crippen LogP contribution is 2.33. The van der Waals surface area contributed by atoms with Crippen LogP contribution in [0.4, 0.5) is 5.69 Å². The van der Waals surface area contributed by atoms with Gasteiger partial charge in [-0.2, -0.15) is 0 Å². The number of anilines is 1. The molecule has 1 aromatic carbocycles. The molecule has 0 unspecified atom stereocenters. The van der Waals surface area contributed by atoms with Gasteiger partial charge in [-0.3, -0.25) is 4.79 Å². The number of esters is 1. The largest absolute Gasteiger partial charge is 0.495 e. The fourth-order valence-electron chi connectivity index (χ4n) is 2.94. The highest BCUT2D eigenvalue weighted by Gasteiger charge is 2.34. The van der Waals surface area contributed by atoms with E-state index in [1.807, 2.05) is 6.92 Å². The van der Waals surface area contributed by atoms with Crippen LogP contribution < -0.4 is 10.1 Å². The first-order valence-electron chi connectivity index (χ1n) is 9.01. The molecule has 0 radical (unpaired) electrons. The number of nitrogens with zero attached hydrogens (tertiary/aromatic N) is 3. The molecule has 10 heteroatoms. The Kier molecular flexibility index (Phi) is 6.13. The van der Waals surface area contributed by atoms with Gasteiger partial charge in [0.25, 0.3) is 5.91 Å². The lowest BCUT2D eigenvalue weighted by atomic mass is 10.1. The molecule has 0 aliphatic carbocycles. The second-order valence-corrected chi connectivity index (χ2v) is 6.19. The second kappa shape index (κ2) is 8.74. The lowest BCUT2D eigenvalue weighted by Gasteiger charge is -2.16. The molecule has 2 aromatic rings. The van der Waals surface area contributed by atoms with E-state index in [2.05, 4.69) is 15.5 Å². The summed E-state index contributed by atoms with van der Waals surface area (Å²) in [6.07, 6.45) is 0.610. The molecule has 2 N–H and O–H groups in total. The number of aliphatic hydroxyl groups excluding tert-OH is 1. The minimum Gasteiger partial charge on any atom is -0.495 e. The van der Waals surface area contributed by atoms with Crippen molar-refractivity contribution < 1.29 is 28.6 Å². The molecule has 0 fully saturated rings. The van der Waals surface area contributed by atoms with E-state index in [9.17, 15) is 14.7 Å². The van der Waals surface area contributed by atoms with Crippen molar-refractivity contribution in [3.63, 3.8) is 0 Å². The van der Waals surface area contributed by atoms with Gasteiger partial charge in [0.15, 0.2) is 0 Å². The summed E-state index contributed by atoms with van der Waals surface area (Å²) in [4.78, 5) is 26.3. The van der Waals surface area contributed by atoms with Gasteiger partial charge < -0.3 is 29.2 Å². The Balaban J connectivity index is 1.99. The van der Waals surface area contributed by atoms with Gasteiger partial charge in [-0.05, 0) is 18.2 Å². The van der Waals surface area contributed by atoms with Crippen LogP contribution in [0, 0.1) is 0 Å². The minimum atomic E-state index is -0.624. The lowest BCUT2D eigenvalue weighted by molar-refractivity contribution is -0.136. The van der Waals surface area contributed by atoms with Gasteiger partial charge in [0.2, 0.25) is 11.8 Å². The number of aryl methyl sites for hydroxylation is 1.